The quantitative estimate of drug-likeness (QED) is 0.524. The van der Waals surface area contributed by atoms with E-state index >= 15 is 0 Å². The van der Waals surface area contributed by atoms with E-state index in [0.717, 1.165) is 24.8 Å². The van der Waals surface area contributed by atoms with E-state index in [-0.39, 0.29) is 17.2 Å². The topological polar surface area (TPSA) is 103 Å². The van der Waals surface area contributed by atoms with Gasteiger partial charge in [0.05, 0.1) is 30.1 Å². The molecule has 0 unspecified atom stereocenters. The molecule has 1 aromatic heterocycles. The molecular formula is C24H30N4O5S. The molecule has 0 atom stereocenters. The lowest BCUT2D eigenvalue weighted by atomic mass is 10.2. The third kappa shape index (κ3) is 4.88. The van der Waals surface area contributed by atoms with Gasteiger partial charge in [0.2, 0.25) is 15.9 Å². The monoisotopic (exact) mass is 486 g/mol. The lowest BCUT2D eigenvalue weighted by molar-refractivity contribution is -0.116. The van der Waals surface area contributed by atoms with Crippen LogP contribution in [-0.2, 0) is 28.3 Å². The Morgan fingerprint density at radius 2 is 1.76 bits per heavy atom. The predicted octanol–water partition coefficient (Wildman–Crippen LogP) is 3.34. The molecule has 34 heavy (non-hydrogen) atoms. The summed E-state index contributed by atoms with van der Waals surface area (Å²) in [6.45, 7) is 1.12. The highest BCUT2D eigenvalue weighted by Crippen LogP contribution is 2.30. The number of hydrogen-bond acceptors (Lipinski definition) is 6. The molecule has 0 radical (unpaired) electrons. The molecule has 1 aliphatic rings. The van der Waals surface area contributed by atoms with E-state index in [2.05, 4.69) is 10.3 Å². The summed E-state index contributed by atoms with van der Waals surface area (Å²) in [4.78, 5) is 17.4. The number of aromatic nitrogens is 2. The number of carbonyl (C=O) groups excluding carboxylic acids is 1. The maximum Gasteiger partial charge on any atom is 0.243 e. The predicted molar refractivity (Wildman–Crippen MR) is 130 cm³/mol. The van der Waals surface area contributed by atoms with Gasteiger partial charge in [-0.3, -0.25) is 4.79 Å². The molecular weight excluding hydrogens is 456 g/mol. The first-order valence-corrected chi connectivity index (χ1v) is 12.7. The first kappa shape index (κ1) is 24.0. The van der Waals surface area contributed by atoms with Gasteiger partial charge >= 0.3 is 0 Å². The molecule has 4 rings (SSSR count). The van der Waals surface area contributed by atoms with Gasteiger partial charge in [0.1, 0.15) is 5.82 Å². The van der Waals surface area contributed by atoms with E-state index in [1.165, 1.54) is 0 Å². The second-order valence-electron chi connectivity index (χ2n) is 8.32. The van der Waals surface area contributed by atoms with Crippen LogP contribution in [-0.4, -0.2) is 55.5 Å². The fraction of sp³-hybridized carbons (Fsp3) is 0.417. The maximum absolute atomic E-state index is 13.0. The number of anilines is 1. The molecule has 9 nitrogen and oxygen atoms in total. The van der Waals surface area contributed by atoms with Gasteiger partial charge in [0, 0.05) is 44.7 Å². The number of methoxy groups -OCH3 is 2. The van der Waals surface area contributed by atoms with Crippen molar-refractivity contribution in [2.45, 2.75) is 37.0 Å². The number of ether oxygens (including phenoxy) is 2. The molecule has 3 aromatic rings. The fourth-order valence-corrected chi connectivity index (χ4v) is 5.77. The first-order chi connectivity index (χ1) is 16.3. The second kappa shape index (κ2) is 10.0. The summed E-state index contributed by atoms with van der Waals surface area (Å²) in [6, 6.07) is 10.2. The van der Waals surface area contributed by atoms with Crippen LogP contribution in [0.1, 0.15) is 31.5 Å². The number of fused-ring (bicyclic) bond motifs is 1. The molecule has 10 heteroatoms. The van der Waals surface area contributed by atoms with Gasteiger partial charge in [-0.1, -0.05) is 6.42 Å². The molecule has 0 saturated carbocycles. The Balaban J connectivity index is 1.46. The fourth-order valence-electron chi connectivity index (χ4n) is 4.23. The minimum atomic E-state index is -3.53. The lowest BCUT2D eigenvalue weighted by Gasteiger charge is -2.25. The van der Waals surface area contributed by atoms with Gasteiger partial charge in [-0.05, 0) is 43.2 Å². The number of sulfonamides is 1. The summed E-state index contributed by atoms with van der Waals surface area (Å²) in [5.41, 5.74) is 2.05. The Hall–Kier alpha value is -3.11. The van der Waals surface area contributed by atoms with Crippen molar-refractivity contribution in [3.63, 3.8) is 0 Å². The number of benzene rings is 2. The third-order valence-corrected chi connectivity index (χ3v) is 8.04. The normalized spacial score (nSPS) is 14.8. The van der Waals surface area contributed by atoms with Crippen LogP contribution in [0.2, 0.25) is 0 Å². The Morgan fingerprint density at radius 3 is 2.47 bits per heavy atom. The smallest absolute Gasteiger partial charge is 0.243 e. The molecule has 1 saturated heterocycles. The van der Waals surface area contributed by atoms with Crippen molar-refractivity contribution in [3.8, 4) is 11.5 Å². The van der Waals surface area contributed by atoms with Crippen molar-refractivity contribution in [3.05, 3.63) is 42.2 Å². The number of nitrogens with zero attached hydrogens (tertiary/aromatic N) is 3. The summed E-state index contributed by atoms with van der Waals surface area (Å²) in [5, 5.41) is 2.86. The number of imidazole rings is 1. The zero-order valence-corrected chi connectivity index (χ0v) is 20.5. The first-order valence-electron chi connectivity index (χ1n) is 11.3. The Bertz CT molecular complexity index is 1300. The summed E-state index contributed by atoms with van der Waals surface area (Å²) in [5.74, 6) is 1.67. The van der Waals surface area contributed by atoms with E-state index < -0.39 is 10.0 Å². The minimum absolute atomic E-state index is 0.160. The number of amides is 1. The molecule has 2 heterocycles. The third-order valence-electron chi connectivity index (χ3n) is 6.14. The van der Waals surface area contributed by atoms with Crippen LogP contribution in [0, 0.1) is 0 Å². The zero-order valence-electron chi connectivity index (χ0n) is 19.7. The van der Waals surface area contributed by atoms with Gasteiger partial charge in [-0.25, -0.2) is 13.4 Å². The average Bonchev–Trinajstić information content (AvgIpc) is 3.18. The van der Waals surface area contributed by atoms with Gasteiger partial charge in [0.25, 0.3) is 0 Å². The van der Waals surface area contributed by atoms with Gasteiger partial charge in [-0.15, -0.1) is 0 Å². The number of aryl methyl sites for hydroxylation is 2. The van der Waals surface area contributed by atoms with E-state index in [9.17, 15) is 13.2 Å². The summed E-state index contributed by atoms with van der Waals surface area (Å²) >= 11 is 0. The van der Waals surface area contributed by atoms with E-state index in [1.54, 1.807) is 54.9 Å². The summed E-state index contributed by atoms with van der Waals surface area (Å²) < 4.78 is 40.0. The molecule has 1 N–H and O–H groups in total. The second-order valence-corrected chi connectivity index (χ2v) is 10.3. The van der Waals surface area contributed by atoms with E-state index in [4.69, 9.17) is 9.47 Å². The number of piperidine rings is 1. The number of carbonyl (C=O) groups is 1. The van der Waals surface area contributed by atoms with Crippen LogP contribution in [0.25, 0.3) is 11.0 Å². The molecule has 1 aliphatic heterocycles. The van der Waals surface area contributed by atoms with Crippen LogP contribution < -0.4 is 14.8 Å². The van der Waals surface area contributed by atoms with Gasteiger partial charge < -0.3 is 19.4 Å². The lowest BCUT2D eigenvalue weighted by Crippen LogP contribution is -2.35. The summed E-state index contributed by atoms with van der Waals surface area (Å²) in [7, 11) is 1.44. The highest BCUT2D eigenvalue weighted by Gasteiger charge is 2.26. The largest absolute Gasteiger partial charge is 0.493 e. The number of hydrogen-bond donors (Lipinski definition) is 1. The average molecular weight is 487 g/mol. The Kier molecular flexibility index (Phi) is 7.08. The van der Waals surface area contributed by atoms with Gasteiger partial charge in [0.15, 0.2) is 11.5 Å². The summed E-state index contributed by atoms with van der Waals surface area (Å²) in [6.07, 6.45) is 3.48. The molecule has 0 bridgehead atoms. The van der Waals surface area contributed by atoms with E-state index in [0.29, 0.717) is 48.0 Å². The van der Waals surface area contributed by atoms with Crippen LogP contribution in [0.5, 0.6) is 11.5 Å². The molecule has 2 aromatic carbocycles. The Morgan fingerprint density at radius 1 is 1.03 bits per heavy atom. The van der Waals surface area contributed by atoms with Crippen molar-refractivity contribution in [2.75, 3.05) is 32.6 Å². The molecule has 0 spiro atoms. The maximum atomic E-state index is 13.0. The number of rotatable bonds is 8. The highest BCUT2D eigenvalue weighted by atomic mass is 32.2. The SMILES string of the molecule is COc1ccc(NC(=O)CCc2nc3cc(S(=O)(=O)N4CCCCC4)ccc3n2C)cc1OC. The van der Waals surface area contributed by atoms with Crippen LogP contribution >= 0.6 is 0 Å². The molecule has 0 aliphatic carbocycles. The Labute approximate surface area is 199 Å². The highest BCUT2D eigenvalue weighted by molar-refractivity contribution is 7.89. The number of nitrogens with one attached hydrogen (secondary N) is 1. The van der Waals surface area contributed by atoms with Crippen molar-refractivity contribution >= 4 is 32.7 Å². The molecule has 1 fully saturated rings. The van der Waals surface area contributed by atoms with Crippen molar-refractivity contribution in [1.29, 1.82) is 0 Å². The van der Waals surface area contributed by atoms with Crippen LogP contribution in [0.15, 0.2) is 41.3 Å². The minimum Gasteiger partial charge on any atom is -0.493 e. The van der Waals surface area contributed by atoms with Crippen molar-refractivity contribution in [1.82, 2.24) is 13.9 Å². The van der Waals surface area contributed by atoms with Crippen molar-refractivity contribution < 1.29 is 22.7 Å². The molecule has 1 amide bonds. The van der Waals surface area contributed by atoms with E-state index in [1.807, 2.05) is 11.6 Å². The zero-order chi connectivity index (χ0) is 24.3. The standard InChI is InChI=1S/C24H30N4O5S/c1-27-20-9-8-18(34(30,31)28-13-5-4-6-14-28)16-19(20)26-23(27)11-12-24(29)25-17-7-10-21(32-2)22(15-17)33-3/h7-10,15-16H,4-6,11-14H2,1-3H3,(H,25,29). The van der Waals surface area contributed by atoms with Crippen LogP contribution in [0.4, 0.5) is 5.69 Å². The van der Waals surface area contributed by atoms with Gasteiger partial charge in [-0.2, -0.15) is 4.31 Å². The van der Waals surface area contributed by atoms with Crippen molar-refractivity contribution in [2.24, 2.45) is 7.05 Å². The van der Waals surface area contributed by atoms with Crippen LogP contribution in [0.3, 0.4) is 0 Å². The molecule has 182 valence electrons.